The number of allylic oxidation sites excluding steroid dienone is 3. The number of rotatable bonds is 3. The van der Waals surface area contributed by atoms with Crippen LogP contribution >= 0.6 is 20.7 Å². The molecule has 0 amide bonds. The van der Waals surface area contributed by atoms with Gasteiger partial charge in [-0.3, -0.25) is 0 Å². The molecule has 3 aromatic rings. The van der Waals surface area contributed by atoms with Crippen LogP contribution in [0.1, 0.15) is 17.0 Å². The van der Waals surface area contributed by atoms with E-state index >= 15 is 0 Å². The molecule has 1 aliphatic rings. The van der Waals surface area contributed by atoms with Gasteiger partial charge in [0, 0.05) is 5.92 Å². The van der Waals surface area contributed by atoms with Crippen molar-refractivity contribution in [2.24, 2.45) is 0 Å². The van der Waals surface area contributed by atoms with E-state index in [4.69, 9.17) is 0 Å². The fourth-order valence-corrected chi connectivity index (χ4v) is 4.69. The van der Waals surface area contributed by atoms with Crippen molar-refractivity contribution in [2.45, 2.75) is 5.92 Å². The predicted molar refractivity (Wildman–Crippen MR) is 110 cm³/mol. The van der Waals surface area contributed by atoms with Crippen LogP contribution in [0.25, 0.3) is 10.8 Å². The van der Waals surface area contributed by atoms with Crippen LogP contribution in [0, 0.1) is 0 Å². The molecule has 1 atom stereocenters. The van der Waals surface area contributed by atoms with Crippen molar-refractivity contribution in [3.8, 4) is 0 Å². The summed E-state index contributed by atoms with van der Waals surface area (Å²) < 4.78 is 4.71. The van der Waals surface area contributed by atoms with Crippen LogP contribution in [0.4, 0.5) is 0 Å². The van der Waals surface area contributed by atoms with Gasteiger partial charge in [0.25, 0.3) is 0 Å². The van der Waals surface area contributed by atoms with Crippen molar-refractivity contribution in [1.82, 2.24) is 0 Å². The summed E-state index contributed by atoms with van der Waals surface area (Å²) in [5, 5.41) is 2.65. The second-order valence-electron chi connectivity index (χ2n) is 5.62. The van der Waals surface area contributed by atoms with E-state index < -0.39 is 0 Å². The highest BCUT2D eigenvalue weighted by atomic mass is 127. The molecule has 23 heavy (non-hydrogen) atoms. The first-order valence-corrected chi connectivity index (χ1v) is 10.3. The molecule has 0 spiro atoms. The Morgan fingerprint density at radius 3 is 2.35 bits per heavy atom. The van der Waals surface area contributed by atoms with E-state index in [1.165, 1.54) is 27.5 Å². The van der Waals surface area contributed by atoms with Gasteiger partial charge in [0.1, 0.15) is 0 Å². The smallest absolute Gasteiger partial charge is 0.0346 e. The van der Waals surface area contributed by atoms with Crippen LogP contribution in [0.3, 0.4) is 0 Å². The molecule has 1 aliphatic heterocycles. The number of hydrogen-bond acceptors (Lipinski definition) is 0. The molecule has 0 N–H and O–H groups in total. The lowest BCUT2D eigenvalue weighted by Gasteiger charge is -2.22. The lowest BCUT2D eigenvalue weighted by Crippen LogP contribution is -2.05. The third-order valence-electron chi connectivity index (χ3n) is 4.26. The molecule has 0 aliphatic carbocycles. The quantitative estimate of drug-likeness (QED) is 0.453. The van der Waals surface area contributed by atoms with Crippen molar-refractivity contribution in [1.29, 1.82) is 0 Å². The zero-order valence-electron chi connectivity index (χ0n) is 12.7. The molecule has 0 bridgehead atoms. The second kappa shape index (κ2) is 6.63. The molecule has 0 saturated carbocycles. The molecule has 0 saturated heterocycles. The van der Waals surface area contributed by atoms with Crippen LogP contribution in [0.2, 0.25) is 0 Å². The number of hydrogen-bond donors (Lipinski definition) is 0. The monoisotopic (exact) mass is 408 g/mol. The molecule has 1 unspecified atom stereocenters. The molecule has 0 nitrogen and oxygen atoms in total. The third kappa shape index (κ3) is 2.93. The summed E-state index contributed by atoms with van der Waals surface area (Å²) in [6.45, 7) is 0. The fraction of sp³-hybridized carbons (Fsp3) is 0.0455. The maximum absolute atomic E-state index is 2.36. The molecule has 0 radical (unpaired) electrons. The molecular formula is C22H17I. The first kappa shape index (κ1) is 14.6. The maximum Gasteiger partial charge on any atom is 0.0346 e. The average Bonchev–Trinajstić information content (AvgIpc) is 2.64. The van der Waals surface area contributed by atoms with Gasteiger partial charge in [0.15, 0.2) is 0 Å². The van der Waals surface area contributed by atoms with E-state index in [2.05, 4.69) is 93.0 Å². The van der Waals surface area contributed by atoms with E-state index in [0.717, 1.165) is 0 Å². The average molecular weight is 408 g/mol. The largest absolute Gasteiger partial charge is 0.0937 e. The summed E-state index contributed by atoms with van der Waals surface area (Å²) in [7, 11) is 0. The van der Waals surface area contributed by atoms with E-state index in [1.54, 1.807) is 0 Å². The van der Waals surface area contributed by atoms with Crippen LogP contribution in [-0.2, 0) is 0 Å². The van der Waals surface area contributed by atoms with E-state index in [1.807, 2.05) is 0 Å². The lowest BCUT2D eigenvalue weighted by atomic mass is 9.82. The molecular weight excluding hydrogens is 391 g/mol. The molecule has 3 aromatic carbocycles. The van der Waals surface area contributed by atoms with Gasteiger partial charge in [-0.05, 0) is 35.6 Å². The van der Waals surface area contributed by atoms with Gasteiger partial charge in [0.2, 0.25) is 0 Å². The molecule has 0 fully saturated rings. The first-order chi connectivity index (χ1) is 11.4. The van der Waals surface area contributed by atoms with Gasteiger partial charge in [0.05, 0.1) is 0 Å². The standard InChI is InChI=1S/C22H17I/c1-2-8-18(9-3-1)22(19-13-15-23-16-14-19)21-12-6-10-17-7-4-5-11-20(17)21/h1-16,22H. The minimum Gasteiger partial charge on any atom is -0.0937 e. The molecule has 112 valence electrons. The number of benzene rings is 3. The molecule has 0 aromatic heterocycles. The van der Waals surface area contributed by atoms with Gasteiger partial charge in [-0.2, -0.15) is 0 Å². The summed E-state index contributed by atoms with van der Waals surface area (Å²) in [4.78, 5) is 0. The third-order valence-corrected chi connectivity index (χ3v) is 5.81. The topological polar surface area (TPSA) is 0 Å². The zero-order chi connectivity index (χ0) is 15.5. The van der Waals surface area contributed by atoms with Crippen LogP contribution in [0.5, 0.6) is 0 Å². The molecule has 4 rings (SSSR count). The van der Waals surface area contributed by atoms with Gasteiger partial charge >= 0.3 is 0 Å². The summed E-state index contributed by atoms with van der Waals surface area (Å²) in [6.07, 6.45) is 4.65. The van der Waals surface area contributed by atoms with Crippen molar-refractivity contribution < 1.29 is 0 Å². The maximum atomic E-state index is 2.36. The van der Waals surface area contributed by atoms with Crippen molar-refractivity contribution in [2.75, 3.05) is 0 Å². The highest BCUT2D eigenvalue weighted by molar-refractivity contribution is 14.2. The lowest BCUT2D eigenvalue weighted by molar-refractivity contribution is 0.992. The summed E-state index contributed by atoms with van der Waals surface area (Å²) >= 11 is 0.105. The Balaban J connectivity index is 1.96. The Morgan fingerprint density at radius 2 is 1.52 bits per heavy atom. The highest BCUT2D eigenvalue weighted by Crippen LogP contribution is 2.37. The Morgan fingerprint density at radius 1 is 0.739 bits per heavy atom. The second-order valence-corrected chi connectivity index (χ2v) is 7.78. The number of fused-ring (bicyclic) bond motifs is 1. The van der Waals surface area contributed by atoms with Crippen LogP contribution < -0.4 is 0 Å². The SMILES string of the molecule is C1=CC(C(c2ccccc2)c2cccc3ccccc23)=CC=I1. The Hall–Kier alpha value is -2.00. The Kier molecular flexibility index (Phi) is 4.20. The minimum absolute atomic E-state index is 0.105. The van der Waals surface area contributed by atoms with Gasteiger partial charge in [-0.15, -0.1) is 0 Å². The molecule has 1 heteroatoms. The summed E-state index contributed by atoms with van der Waals surface area (Å²) in [5.74, 6) is 0.291. The van der Waals surface area contributed by atoms with Gasteiger partial charge < -0.3 is 0 Å². The van der Waals surface area contributed by atoms with E-state index in [0.29, 0.717) is 5.92 Å². The van der Waals surface area contributed by atoms with Crippen molar-refractivity contribution in [3.63, 3.8) is 0 Å². The van der Waals surface area contributed by atoms with Crippen molar-refractivity contribution >= 4 is 35.5 Å². The van der Waals surface area contributed by atoms with Crippen molar-refractivity contribution in [3.05, 3.63) is 106 Å². The van der Waals surface area contributed by atoms with Gasteiger partial charge in [-0.25, -0.2) is 0 Å². The molecule has 1 heterocycles. The Labute approximate surface area is 146 Å². The Bertz CT molecular complexity index is 912. The minimum atomic E-state index is 0.105. The normalized spacial score (nSPS) is 15.0. The number of halogens is 1. The predicted octanol–water partition coefficient (Wildman–Crippen LogP) is 6.20. The zero-order valence-corrected chi connectivity index (χ0v) is 14.9. The first-order valence-electron chi connectivity index (χ1n) is 7.78. The van der Waals surface area contributed by atoms with E-state index in [9.17, 15) is 0 Å². The van der Waals surface area contributed by atoms with E-state index in [-0.39, 0.29) is 20.7 Å². The summed E-state index contributed by atoms with van der Waals surface area (Å²) in [5.41, 5.74) is 4.13. The highest BCUT2D eigenvalue weighted by Gasteiger charge is 2.19. The fourth-order valence-electron chi connectivity index (χ4n) is 3.21. The van der Waals surface area contributed by atoms with Gasteiger partial charge in [-0.1, -0.05) is 106 Å². The van der Waals surface area contributed by atoms with Crippen LogP contribution in [-0.4, -0.2) is 4.01 Å². The summed E-state index contributed by atoms with van der Waals surface area (Å²) in [6, 6.07) is 26.2. The van der Waals surface area contributed by atoms with Crippen LogP contribution in [0.15, 0.2) is 94.6 Å².